The number of ether oxygens (including phenoxy) is 1. The quantitative estimate of drug-likeness (QED) is 0.771. The van der Waals surface area contributed by atoms with Crippen LogP contribution in [-0.4, -0.2) is 37.0 Å². The normalized spacial score (nSPS) is 22.7. The van der Waals surface area contributed by atoms with E-state index in [2.05, 4.69) is 24.5 Å². The number of rotatable bonds is 6. The fourth-order valence-corrected chi connectivity index (χ4v) is 3.08. The maximum Gasteiger partial charge on any atom is 0.325 e. The van der Waals surface area contributed by atoms with Crippen LogP contribution in [0.1, 0.15) is 43.5 Å². The highest BCUT2D eigenvalue weighted by Crippen LogP contribution is 2.29. The summed E-state index contributed by atoms with van der Waals surface area (Å²) < 4.78 is 4.93. The number of esters is 1. The second-order valence-corrected chi connectivity index (χ2v) is 6.65. The predicted octanol–water partition coefficient (Wildman–Crippen LogP) is 1.90. The van der Waals surface area contributed by atoms with Crippen molar-refractivity contribution in [3.05, 3.63) is 35.9 Å². The van der Waals surface area contributed by atoms with Crippen LogP contribution < -0.4 is 10.6 Å². The third-order valence-corrected chi connectivity index (χ3v) is 4.85. The summed E-state index contributed by atoms with van der Waals surface area (Å²) >= 11 is 0. The molecule has 0 radical (unpaired) electrons. The van der Waals surface area contributed by atoms with Gasteiger partial charge in [-0.1, -0.05) is 44.9 Å². The molecule has 2 N–H and O–H groups in total. The van der Waals surface area contributed by atoms with Crippen LogP contribution in [0.3, 0.4) is 0 Å². The second-order valence-electron chi connectivity index (χ2n) is 6.65. The van der Waals surface area contributed by atoms with E-state index < -0.39 is 5.97 Å². The van der Waals surface area contributed by atoms with Gasteiger partial charge in [0.25, 0.3) is 11.8 Å². The lowest BCUT2D eigenvalue weighted by Crippen LogP contribution is -2.45. The monoisotopic (exact) mass is 346 g/mol. The molecule has 1 aromatic rings. The summed E-state index contributed by atoms with van der Waals surface area (Å²) in [6, 6.07) is 8.72. The Bertz CT molecular complexity index is 603. The van der Waals surface area contributed by atoms with E-state index in [0.717, 1.165) is 12.8 Å². The van der Waals surface area contributed by atoms with Crippen LogP contribution in [0.5, 0.6) is 0 Å². The van der Waals surface area contributed by atoms with Crippen LogP contribution in [0.2, 0.25) is 0 Å². The van der Waals surface area contributed by atoms with Gasteiger partial charge in [-0.15, -0.1) is 0 Å². The smallest absolute Gasteiger partial charge is 0.325 e. The molecule has 0 saturated heterocycles. The first-order chi connectivity index (χ1) is 12.0. The fourth-order valence-electron chi connectivity index (χ4n) is 3.08. The van der Waals surface area contributed by atoms with Crippen molar-refractivity contribution in [1.82, 2.24) is 10.6 Å². The van der Waals surface area contributed by atoms with E-state index in [9.17, 15) is 14.4 Å². The molecule has 0 unspecified atom stereocenters. The van der Waals surface area contributed by atoms with Crippen molar-refractivity contribution in [2.75, 3.05) is 13.2 Å². The van der Waals surface area contributed by atoms with E-state index in [0.29, 0.717) is 17.4 Å². The fraction of sp³-hybridized carbons (Fsp3) is 0.526. The van der Waals surface area contributed by atoms with Crippen molar-refractivity contribution in [3.63, 3.8) is 0 Å². The maximum atomic E-state index is 12.0. The number of carbonyl (C=O) groups is 3. The zero-order valence-corrected chi connectivity index (χ0v) is 14.8. The summed E-state index contributed by atoms with van der Waals surface area (Å²) in [6.45, 7) is 3.74. The molecule has 1 fully saturated rings. The van der Waals surface area contributed by atoms with Crippen molar-refractivity contribution in [2.45, 2.75) is 39.2 Å². The zero-order chi connectivity index (χ0) is 18.2. The summed E-state index contributed by atoms with van der Waals surface area (Å²) in [7, 11) is 0. The van der Waals surface area contributed by atoms with Gasteiger partial charge in [-0.3, -0.25) is 14.4 Å². The third-order valence-electron chi connectivity index (χ3n) is 4.85. The molecule has 1 aliphatic rings. The van der Waals surface area contributed by atoms with Crippen LogP contribution in [0.15, 0.2) is 30.3 Å². The molecule has 0 bridgehead atoms. The Morgan fingerprint density at radius 3 is 2.56 bits per heavy atom. The number of carbonyl (C=O) groups excluding carboxylic acids is 3. The molecule has 1 aliphatic carbocycles. The largest absolute Gasteiger partial charge is 0.454 e. The molecular weight excluding hydrogens is 320 g/mol. The van der Waals surface area contributed by atoms with Gasteiger partial charge < -0.3 is 15.4 Å². The van der Waals surface area contributed by atoms with E-state index in [-0.39, 0.29) is 31.0 Å². The minimum absolute atomic E-state index is 0.132. The summed E-state index contributed by atoms with van der Waals surface area (Å²) in [5.74, 6) is -0.293. The average molecular weight is 346 g/mol. The zero-order valence-electron chi connectivity index (χ0n) is 14.8. The second kappa shape index (κ2) is 9.20. The Kier molecular flexibility index (Phi) is 6.98. The van der Waals surface area contributed by atoms with Gasteiger partial charge in [0, 0.05) is 11.6 Å². The van der Waals surface area contributed by atoms with Gasteiger partial charge in [0.2, 0.25) is 0 Å². The van der Waals surface area contributed by atoms with E-state index in [1.165, 1.54) is 6.42 Å². The molecule has 2 rings (SSSR count). The molecule has 1 saturated carbocycles. The molecule has 2 amide bonds. The van der Waals surface area contributed by atoms with E-state index >= 15 is 0 Å². The molecule has 6 heteroatoms. The Balaban J connectivity index is 1.67. The summed E-state index contributed by atoms with van der Waals surface area (Å²) in [4.78, 5) is 35.4. The van der Waals surface area contributed by atoms with Crippen molar-refractivity contribution < 1.29 is 19.1 Å². The lowest BCUT2D eigenvalue weighted by Gasteiger charge is -2.34. The Morgan fingerprint density at radius 1 is 1.12 bits per heavy atom. The van der Waals surface area contributed by atoms with Crippen molar-refractivity contribution in [1.29, 1.82) is 0 Å². The number of nitrogens with one attached hydrogen (secondary N) is 2. The van der Waals surface area contributed by atoms with Gasteiger partial charge >= 0.3 is 5.97 Å². The Morgan fingerprint density at radius 2 is 1.84 bits per heavy atom. The molecule has 0 aliphatic heterocycles. The first kappa shape index (κ1) is 19.0. The van der Waals surface area contributed by atoms with Crippen LogP contribution in [0, 0.1) is 11.8 Å². The Labute approximate surface area is 148 Å². The van der Waals surface area contributed by atoms with Gasteiger partial charge in [-0.2, -0.15) is 0 Å². The standard InChI is InChI=1S/C19H26N2O4/c1-13-7-6-10-16(14(13)2)21-17(22)12-25-18(23)11-20-19(24)15-8-4-3-5-9-15/h3-5,8-9,13-14,16H,6-7,10-12H2,1-2H3,(H,20,24)(H,21,22)/t13-,14-,16+/m1/s1. The van der Waals surface area contributed by atoms with Crippen LogP contribution >= 0.6 is 0 Å². The molecule has 136 valence electrons. The van der Waals surface area contributed by atoms with Crippen LogP contribution in [0.4, 0.5) is 0 Å². The molecule has 25 heavy (non-hydrogen) atoms. The van der Waals surface area contributed by atoms with E-state index in [1.807, 2.05) is 0 Å². The predicted molar refractivity (Wildman–Crippen MR) is 93.8 cm³/mol. The third kappa shape index (κ3) is 5.89. The summed E-state index contributed by atoms with van der Waals surface area (Å²) in [5, 5.41) is 5.41. The highest BCUT2D eigenvalue weighted by atomic mass is 16.5. The van der Waals surface area contributed by atoms with Crippen LogP contribution in [-0.2, 0) is 14.3 Å². The molecule has 3 atom stereocenters. The first-order valence-corrected chi connectivity index (χ1v) is 8.75. The number of hydrogen-bond donors (Lipinski definition) is 2. The summed E-state index contributed by atoms with van der Waals surface area (Å²) in [5.41, 5.74) is 0.466. The van der Waals surface area contributed by atoms with Gasteiger partial charge in [-0.05, 0) is 30.4 Å². The SMILES string of the molecule is C[C@@H]1[C@H](C)CCC[C@@H]1NC(=O)COC(=O)CNC(=O)c1ccccc1. The molecule has 6 nitrogen and oxygen atoms in total. The average Bonchev–Trinajstić information content (AvgIpc) is 2.62. The number of hydrogen-bond acceptors (Lipinski definition) is 4. The van der Waals surface area contributed by atoms with Crippen molar-refractivity contribution in [3.8, 4) is 0 Å². The van der Waals surface area contributed by atoms with Gasteiger partial charge in [0.05, 0.1) is 0 Å². The minimum atomic E-state index is -0.635. The highest BCUT2D eigenvalue weighted by molar-refractivity contribution is 5.96. The molecular formula is C19H26N2O4. The van der Waals surface area contributed by atoms with Gasteiger partial charge in [0.1, 0.15) is 6.54 Å². The maximum absolute atomic E-state index is 12.0. The molecule has 0 spiro atoms. The Hall–Kier alpha value is -2.37. The minimum Gasteiger partial charge on any atom is -0.454 e. The van der Waals surface area contributed by atoms with E-state index in [1.54, 1.807) is 30.3 Å². The van der Waals surface area contributed by atoms with Crippen molar-refractivity contribution in [2.24, 2.45) is 11.8 Å². The first-order valence-electron chi connectivity index (χ1n) is 8.75. The molecule has 0 heterocycles. The van der Waals surface area contributed by atoms with Crippen LogP contribution in [0.25, 0.3) is 0 Å². The lowest BCUT2D eigenvalue weighted by atomic mass is 9.78. The molecule has 0 aromatic heterocycles. The van der Waals surface area contributed by atoms with Crippen molar-refractivity contribution >= 4 is 17.8 Å². The van der Waals surface area contributed by atoms with E-state index in [4.69, 9.17) is 4.74 Å². The lowest BCUT2D eigenvalue weighted by molar-refractivity contribution is -0.147. The highest BCUT2D eigenvalue weighted by Gasteiger charge is 2.28. The number of benzene rings is 1. The topological polar surface area (TPSA) is 84.5 Å². The van der Waals surface area contributed by atoms with Gasteiger partial charge in [0.15, 0.2) is 6.61 Å². The molecule has 1 aromatic carbocycles. The number of amides is 2. The van der Waals surface area contributed by atoms with Gasteiger partial charge in [-0.25, -0.2) is 0 Å². The summed E-state index contributed by atoms with van der Waals surface area (Å²) in [6.07, 6.45) is 3.24.